The van der Waals surface area contributed by atoms with E-state index in [9.17, 15) is 4.79 Å². The Labute approximate surface area is 234 Å². The second kappa shape index (κ2) is 15.8. The van der Waals surface area contributed by atoms with Crippen LogP contribution in [0.3, 0.4) is 0 Å². The molecule has 1 amide bonds. The second-order valence-corrected chi connectivity index (χ2v) is 8.79. The van der Waals surface area contributed by atoms with Gasteiger partial charge in [-0.05, 0) is 36.8 Å². The molecule has 0 saturated heterocycles. The zero-order valence-electron chi connectivity index (χ0n) is 22.5. The van der Waals surface area contributed by atoms with Crippen LogP contribution in [0.2, 0.25) is 0 Å². The summed E-state index contributed by atoms with van der Waals surface area (Å²) in [5, 5.41) is 9.23. The van der Waals surface area contributed by atoms with E-state index in [1.807, 2.05) is 48.5 Å². The minimum absolute atomic E-state index is 0.115. The lowest BCUT2D eigenvalue weighted by atomic mass is 10.1. The lowest BCUT2D eigenvalue weighted by Crippen LogP contribution is -2.27. The highest BCUT2D eigenvalue weighted by molar-refractivity contribution is 5.94. The zero-order chi connectivity index (χ0) is 27.8. The number of nitrogens with zero attached hydrogens (tertiary/aromatic N) is 3. The van der Waals surface area contributed by atoms with Gasteiger partial charge < -0.3 is 30.2 Å². The number of rotatable bonds is 16. The van der Waals surface area contributed by atoms with E-state index in [2.05, 4.69) is 62.1 Å². The maximum Gasteiger partial charge on any atom is 0.328 e. The fourth-order valence-electron chi connectivity index (χ4n) is 3.53. The van der Waals surface area contributed by atoms with Crippen LogP contribution in [0.25, 0.3) is 0 Å². The standard InChI is InChI=1S/C30H34N6O4/c1-23-12-14-24(15-13-23)22-33-29-34-28(35-30(36-29)40-26-10-6-3-7-11-26)32-17-19-39-21-20-38-18-16-31-27(37)25-8-4-2-5-9-25/h2-15H,16-22H2,1H3,(H,31,37)(H2,32,33,34,35,36). The van der Waals surface area contributed by atoms with E-state index in [4.69, 9.17) is 14.2 Å². The van der Waals surface area contributed by atoms with E-state index >= 15 is 0 Å². The average Bonchev–Trinajstić information content (AvgIpc) is 2.98. The Balaban J connectivity index is 1.18. The molecule has 0 atom stereocenters. The average molecular weight is 543 g/mol. The first-order chi connectivity index (χ1) is 19.7. The van der Waals surface area contributed by atoms with Gasteiger partial charge >= 0.3 is 6.01 Å². The number of hydrogen-bond donors (Lipinski definition) is 3. The van der Waals surface area contributed by atoms with Crippen molar-refractivity contribution in [2.24, 2.45) is 0 Å². The van der Waals surface area contributed by atoms with Gasteiger partial charge in [0.25, 0.3) is 5.91 Å². The summed E-state index contributed by atoms with van der Waals surface area (Å²) >= 11 is 0. The van der Waals surface area contributed by atoms with Gasteiger partial charge in [0.2, 0.25) is 11.9 Å². The van der Waals surface area contributed by atoms with Crippen LogP contribution in [-0.2, 0) is 16.0 Å². The summed E-state index contributed by atoms with van der Waals surface area (Å²) < 4.78 is 17.0. The summed E-state index contributed by atoms with van der Waals surface area (Å²) in [7, 11) is 0. The molecule has 10 heteroatoms. The molecule has 4 rings (SSSR count). The summed E-state index contributed by atoms with van der Waals surface area (Å²) in [6.07, 6.45) is 0. The summed E-state index contributed by atoms with van der Waals surface area (Å²) in [4.78, 5) is 25.3. The third-order valence-corrected chi connectivity index (χ3v) is 5.61. The van der Waals surface area contributed by atoms with Crippen molar-refractivity contribution in [3.8, 4) is 11.8 Å². The molecule has 0 aliphatic carbocycles. The highest BCUT2D eigenvalue weighted by Gasteiger charge is 2.09. The molecule has 1 aromatic heterocycles. The Kier molecular flexibility index (Phi) is 11.2. The van der Waals surface area contributed by atoms with Gasteiger partial charge in [-0.1, -0.05) is 66.2 Å². The first-order valence-electron chi connectivity index (χ1n) is 13.2. The molecule has 0 aliphatic heterocycles. The van der Waals surface area contributed by atoms with Gasteiger partial charge in [0.05, 0.1) is 26.4 Å². The molecule has 0 fully saturated rings. The molecular formula is C30H34N6O4. The topological polar surface area (TPSA) is 120 Å². The largest absolute Gasteiger partial charge is 0.424 e. The fourth-order valence-corrected chi connectivity index (χ4v) is 3.53. The van der Waals surface area contributed by atoms with Crippen molar-refractivity contribution in [1.82, 2.24) is 20.3 Å². The highest BCUT2D eigenvalue weighted by Crippen LogP contribution is 2.19. The molecule has 0 aliphatic rings. The van der Waals surface area contributed by atoms with Crippen molar-refractivity contribution in [3.63, 3.8) is 0 Å². The van der Waals surface area contributed by atoms with E-state index < -0.39 is 0 Å². The monoisotopic (exact) mass is 542 g/mol. The van der Waals surface area contributed by atoms with Crippen LogP contribution in [0, 0.1) is 6.92 Å². The zero-order valence-corrected chi connectivity index (χ0v) is 22.5. The minimum Gasteiger partial charge on any atom is -0.424 e. The Morgan fingerprint density at radius 1 is 0.700 bits per heavy atom. The number of ether oxygens (including phenoxy) is 3. The number of hydrogen-bond acceptors (Lipinski definition) is 9. The highest BCUT2D eigenvalue weighted by atomic mass is 16.5. The number of benzene rings is 3. The third kappa shape index (κ3) is 9.97. The van der Waals surface area contributed by atoms with Crippen LogP contribution in [0.4, 0.5) is 11.9 Å². The molecule has 0 bridgehead atoms. The maximum atomic E-state index is 12.0. The van der Waals surface area contributed by atoms with Crippen LogP contribution < -0.4 is 20.7 Å². The Morgan fingerprint density at radius 3 is 2.02 bits per heavy atom. The Bertz CT molecular complexity index is 1310. The lowest BCUT2D eigenvalue weighted by molar-refractivity contribution is 0.0519. The van der Waals surface area contributed by atoms with Gasteiger partial charge in [-0.3, -0.25) is 4.79 Å². The number of aryl methyl sites for hydroxylation is 1. The fraction of sp³-hybridized carbons (Fsp3) is 0.267. The summed E-state index contributed by atoms with van der Waals surface area (Å²) in [6.45, 7) is 5.23. The predicted molar refractivity (Wildman–Crippen MR) is 154 cm³/mol. The van der Waals surface area contributed by atoms with E-state index in [0.29, 0.717) is 69.3 Å². The lowest BCUT2D eigenvalue weighted by Gasteiger charge is -2.11. The molecule has 0 saturated carbocycles. The Morgan fingerprint density at radius 2 is 1.32 bits per heavy atom. The predicted octanol–water partition coefficient (Wildman–Crippen LogP) is 4.46. The van der Waals surface area contributed by atoms with Crippen molar-refractivity contribution in [1.29, 1.82) is 0 Å². The van der Waals surface area contributed by atoms with Crippen molar-refractivity contribution in [2.45, 2.75) is 13.5 Å². The van der Waals surface area contributed by atoms with Crippen LogP contribution in [0.1, 0.15) is 21.5 Å². The molecule has 0 spiro atoms. The second-order valence-electron chi connectivity index (χ2n) is 8.79. The van der Waals surface area contributed by atoms with E-state index in [-0.39, 0.29) is 11.9 Å². The molecule has 3 N–H and O–H groups in total. The smallest absolute Gasteiger partial charge is 0.328 e. The molecule has 40 heavy (non-hydrogen) atoms. The summed E-state index contributed by atoms with van der Waals surface area (Å²) in [5.41, 5.74) is 2.94. The van der Waals surface area contributed by atoms with Gasteiger partial charge in [-0.15, -0.1) is 0 Å². The Hall–Kier alpha value is -4.54. The van der Waals surface area contributed by atoms with Gasteiger partial charge in [0, 0.05) is 25.2 Å². The molecule has 0 radical (unpaired) electrons. The summed E-state index contributed by atoms with van der Waals surface area (Å²) in [5.74, 6) is 1.29. The number of amides is 1. The maximum absolute atomic E-state index is 12.0. The first-order valence-corrected chi connectivity index (χ1v) is 13.2. The molecular weight excluding hydrogens is 508 g/mol. The molecule has 208 valence electrons. The molecule has 4 aromatic rings. The van der Waals surface area contributed by atoms with Crippen molar-refractivity contribution < 1.29 is 19.0 Å². The van der Waals surface area contributed by atoms with Crippen LogP contribution in [0.15, 0.2) is 84.9 Å². The normalized spacial score (nSPS) is 10.6. The quantitative estimate of drug-likeness (QED) is 0.176. The van der Waals surface area contributed by atoms with Gasteiger partial charge in [-0.2, -0.15) is 15.0 Å². The number of aromatic nitrogens is 3. The molecule has 0 unspecified atom stereocenters. The summed E-state index contributed by atoms with van der Waals surface area (Å²) in [6, 6.07) is 26.9. The van der Waals surface area contributed by atoms with Gasteiger partial charge in [0.1, 0.15) is 5.75 Å². The van der Waals surface area contributed by atoms with Crippen LogP contribution in [-0.4, -0.2) is 60.4 Å². The number of anilines is 2. The van der Waals surface area contributed by atoms with E-state index in [1.54, 1.807) is 12.1 Å². The molecule has 10 nitrogen and oxygen atoms in total. The number of carbonyl (C=O) groups excluding carboxylic acids is 1. The number of nitrogens with one attached hydrogen (secondary N) is 3. The number of carbonyl (C=O) groups is 1. The van der Waals surface area contributed by atoms with E-state index in [1.165, 1.54) is 5.56 Å². The van der Waals surface area contributed by atoms with Crippen LogP contribution >= 0.6 is 0 Å². The first kappa shape index (κ1) is 28.5. The van der Waals surface area contributed by atoms with Gasteiger partial charge in [0.15, 0.2) is 0 Å². The SMILES string of the molecule is Cc1ccc(CNc2nc(NCCOCCOCCNC(=O)c3ccccc3)nc(Oc3ccccc3)n2)cc1. The van der Waals surface area contributed by atoms with Crippen molar-refractivity contribution in [3.05, 3.63) is 102 Å². The van der Waals surface area contributed by atoms with Crippen molar-refractivity contribution in [2.75, 3.05) is 50.2 Å². The van der Waals surface area contributed by atoms with Crippen LogP contribution in [0.5, 0.6) is 11.8 Å². The molecule has 1 heterocycles. The third-order valence-electron chi connectivity index (χ3n) is 5.61. The van der Waals surface area contributed by atoms with Gasteiger partial charge in [-0.25, -0.2) is 0 Å². The van der Waals surface area contributed by atoms with E-state index in [0.717, 1.165) is 5.56 Å². The molecule has 3 aromatic carbocycles. The number of para-hydroxylation sites is 1. The minimum atomic E-state index is -0.115. The van der Waals surface area contributed by atoms with Crippen molar-refractivity contribution >= 4 is 17.8 Å².